The predicted molar refractivity (Wildman–Crippen MR) is 107 cm³/mol. The van der Waals surface area contributed by atoms with Crippen LogP contribution in [0.4, 0.5) is 11.4 Å². The molecule has 0 radical (unpaired) electrons. The molecule has 0 aromatic heterocycles. The largest absolute Gasteiger partial charge is 0.372 e. The van der Waals surface area contributed by atoms with Crippen LogP contribution in [-0.4, -0.2) is 31.4 Å². The molecule has 0 aliphatic carbocycles. The molecule has 0 heterocycles. The summed E-state index contributed by atoms with van der Waals surface area (Å²) < 4.78 is 0. The fourth-order valence-electron chi connectivity index (χ4n) is 2.85. The number of hydrogen-bond acceptors (Lipinski definition) is 3. The summed E-state index contributed by atoms with van der Waals surface area (Å²) in [6.07, 6.45) is 0. The molecule has 2 aromatic carbocycles. The molecule has 0 saturated heterocycles. The van der Waals surface area contributed by atoms with E-state index in [0.29, 0.717) is 5.56 Å². The van der Waals surface area contributed by atoms with E-state index in [1.807, 2.05) is 44.2 Å². The molecule has 138 valence electrons. The number of aryl methyl sites for hydroxylation is 2. The second-order valence-electron chi connectivity index (χ2n) is 6.22. The van der Waals surface area contributed by atoms with Gasteiger partial charge in [-0.25, -0.2) is 0 Å². The van der Waals surface area contributed by atoms with E-state index < -0.39 is 0 Å². The Morgan fingerprint density at radius 1 is 0.962 bits per heavy atom. The number of carbonyl (C=O) groups is 2. The Bertz CT molecular complexity index is 783. The van der Waals surface area contributed by atoms with Crippen molar-refractivity contribution in [1.29, 1.82) is 0 Å². The predicted octanol–water partition coefficient (Wildman–Crippen LogP) is 3.52. The van der Waals surface area contributed by atoms with Crippen LogP contribution in [0.1, 0.15) is 35.3 Å². The average Bonchev–Trinajstić information content (AvgIpc) is 2.63. The summed E-state index contributed by atoms with van der Waals surface area (Å²) in [7, 11) is 0. The highest BCUT2D eigenvalue weighted by atomic mass is 16.2. The van der Waals surface area contributed by atoms with Gasteiger partial charge in [-0.2, -0.15) is 0 Å². The molecular formula is C21H27N3O2. The summed E-state index contributed by atoms with van der Waals surface area (Å²) in [5, 5.41) is 5.53. The Labute approximate surface area is 155 Å². The van der Waals surface area contributed by atoms with E-state index in [-0.39, 0.29) is 18.4 Å². The van der Waals surface area contributed by atoms with Gasteiger partial charge in [-0.3, -0.25) is 9.59 Å². The summed E-state index contributed by atoms with van der Waals surface area (Å²) >= 11 is 0. The fourth-order valence-corrected chi connectivity index (χ4v) is 2.85. The lowest BCUT2D eigenvalue weighted by atomic mass is 10.1. The van der Waals surface area contributed by atoms with Crippen molar-refractivity contribution in [2.75, 3.05) is 29.9 Å². The minimum absolute atomic E-state index is 0.0651. The average molecular weight is 353 g/mol. The lowest BCUT2D eigenvalue weighted by Crippen LogP contribution is -2.33. The van der Waals surface area contributed by atoms with Crippen molar-refractivity contribution in [3.63, 3.8) is 0 Å². The SMILES string of the molecule is CCN(CC)c1ccc(NC(=O)CNC(=O)c2ccccc2C)c(C)c1. The normalized spacial score (nSPS) is 10.3. The van der Waals surface area contributed by atoms with Gasteiger partial charge in [0.2, 0.25) is 5.91 Å². The van der Waals surface area contributed by atoms with E-state index in [9.17, 15) is 9.59 Å². The Morgan fingerprint density at radius 3 is 2.27 bits per heavy atom. The van der Waals surface area contributed by atoms with Crippen LogP contribution in [0.2, 0.25) is 0 Å². The second-order valence-corrected chi connectivity index (χ2v) is 6.22. The first kappa shape index (κ1) is 19.5. The molecule has 2 aromatic rings. The summed E-state index contributed by atoms with van der Waals surface area (Å²) in [6.45, 7) is 9.88. The molecule has 2 amide bonds. The highest BCUT2D eigenvalue weighted by Gasteiger charge is 2.11. The molecule has 0 bridgehead atoms. The summed E-state index contributed by atoms with van der Waals surface area (Å²) in [4.78, 5) is 26.6. The molecule has 0 spiro atoms. The Morgan fingerprint density at radius 2 is 1.65 bits per heavy atom. The Hall–Kier alpha value is -2.82. The van der Waals surface area contributed by atoms with Gasteiger partial charge in [0, 0.05) is 30.0 Å². The highest BCUT2D eigenvalue weighted by molar-refractivity contribution is 6.00. The van der Waals surface area contributed by atoms with Crippen molar-refractivity contribution in [2.45, 2.75) is 27.7 Å². The number of anilines is 2. The van der Waals surface area contributed by atoms with Gasteiger partial charge in [-0.15, -0.1) is 0 Å². The Balaban J connectivity index is 1.95. The zero-order valence-electron chi connectivity index (χ0n) is 15.9. The van der Waals surface area contributed by atoms with Crippen LogP contribution in [-0.2, 0) is 4.79 Å². The third-order valence-corrected chi connectivity index (χ3v) is 4.41. The van der Waals surface area contributed by atoms with E-state index >= 15 is 0 Å². The zero-order valence-corrected chi connectivity index (χ0v) is 15.9. The molecule has 5 heteroatoms. The molecule has 0 aliphatic rings. The molecule has 0 fully saturated rings. The molecule has 0 atom stereocenters. The standard InChI is InChI=1S/C21H27N3O2/c1-5-24(6-2)17-11-12-19(16(4)13-17)23-20(25)14-22-21(26)18-10-8-7-9-15(18)3/h7-13H,5-6,14H2,1-4H3,(H,22,26)(H,23,25). The van der Waals surface area contributed by atoms with Crippen molar-refractivity contribution in [3.05, 3.63) is 59.2 Å². The molecular weight excluding hydrogens is 326 g/mol. The van der Waals surface area contributed by atoms with Crippen molar-refractivity contribution in [3.8, 4) is 0 Å². The summed E-state index contributed by atoms with van der Waals surface area (Å²) in [5.41, 5.74) is 4.36. The van der Waals surface area contributed by atoms with E-state index in [2.05, 4.69) is 35.4 Å². The van der Waals surface area contributed by atoms with Crippen LogP contribution in [0.15, 0.2) is 42.5 Å². The fraction of sp³-hybridized carbons (Fsp3) is 0.333. The number of nitrogens with one attached hydrogen (secondary N) is 2. The monoisotopic (exact) mass is 353 g/mol. The first-order chi connectivity index (χ1) is 12.5. The molecule has 0 aliphatic heterocycles. The van der Waals surface area contributed by atoms with Crippen LogP contribution in [0, 0.1) is 13.8 Å². The number of benzene rings is 2. The van der Waals surface area contributed by atoms with Gasteiger partial charge in [0.15, 0.2) is 0 Å². The summed E-state index contributed by atoms with van der Waals surface area (Å²) in [5.74, 6) is -0.488. The topological polar surface area (TPSA) is 61.4 Å². The van der Waals surface area contributed by atoms with Gasteiger partial charge in [0.1, 0.15) is 0 Å². The van der Waals surface area contributed by atoms with Gasteiger partial charge in [0.05, 0.1) is 6.54 Å². The third kappa shape index (κ3) is 4.85. The lowest BCUT2D eigenvalue weighted by molar-refractivity contribution is -0.115. The zero-order chi connectivity index (χ0) is 19.1. The number of carbonyl (C=O) groups excluding carboxylic acids is 2. The maximum atomic E-state index is 12.2. The van der Waals surface area contributed by atoms with Crippen LogP contribution < -0.4 is 15.5 Å². The van der Waals surface area contributed by atoms with Gasteiger partial charge >= 0.3 is 0 Å². The van der Waals surface area contributed by atoms with E-state index in [1.165, 1.54) is 0 Å². The number of hydrogen-bond donors (Lipinski definition) is 2. The molecule has 2 rings (SSSR count). The first-order valence-electron chi connectivity index (χ1n) is 8.95. The second kappa shape index (κ2) is 9.04. The molecule has 0 unspecified atom stereocenters. The molecule has 5 nitrogen and oxygen atoms in total. The van der Waals surface area contributed by atoms with Crippen LogP contribution >= 0.6 is 0 Å². The maximum absolute atomic E-state index is 12.2. The van der Waals surface area contributed by atoms with Gasteiger partial charge in [-0.05, 0) is 63.1 Å². The molecule has 26 heavy (non-hydrogen) atoms. The van der Waals surface area contributed by atoms with Crippen molar-refractivity contribution in [2.24, 2.45) is 0 Å². The third-order valence-electron chi connectivity index (χ3n) is 4.41. The highest BCUT2D eigenvalue weighted by Crippen LogP contribution is 2.22. The molecule has 0 saturated carbocycles. The van der Waals surface area contributed by atoms with Crippen LogP contribution in [0.3, 0.4) is 0 Å². The van der Waals surface area contributed by atoms with Crippen molar-refractivity contribution >= 4 is 23.2 Å². The first-order valence-corrected chi connectivity index (χ1v) is 8.95. The van der Waals surface area contributed by atoms with E-state index in [0.717, 1.165) is 35.6 Å². The van der Waals surface area contributed by atoms with Gasteiger partial charge in [0.25, 0.3) is 5.91 Å². The molecule has 2 N–H and O–H groups in total. The van der Waals surface area contributed by atoms with Gasteiger partial charge in [-0.1, -0.05) is 18.2 Å². The maximum Gasteiger partial charge on any atom is 0.251 e. The summed E-state index contributed by atoms with van der Waals surface area (Å²) in [6, 6.07) is 13.3. The number of rotatable bonds is 7. The van der Waals surface area contributed by atoms with E-state index in [1.54, 1.807) is 6.07 Å². The quantitative estimate of drug-likeness (QED) is 0.801. The minimum atomic E-state index is -0.245. The van der Waals surface area contributed by atoms with Crippen molar-refractivity contribution < 1.29 is 9.59 Å². The smallest absolute Gasteiger partial charge is 0.251 e. The van der Waals surface area contributed by atoms with E-state index in [4.69, 9.17) is 0 Å². The minimum Gasteiger partial charge on any atom is -0.372 e. The van der Waals surface area contributed by atoms with Crippen LogP contribution in [0.25, 0.3) is 0 Å². The lowest BCUT2D eigenvalue weighted by Gasteiger charge is -2.22. The van der Waals surface area contributed by atoms with Gasteiger partial charge < -0.3 is 15.5 Å². The number of nitrogens with zero attached hydrogens (tertiary/aromatic N) is 1. The number of amides is 2. The van der Waals surface area contributed by atoms with Crippen LogP contribution in [0.5, 0.6) is 0 Å². The Kier molecular flexibility index (Phi) is 6.78. The van der Waals surface area contributed by atoms with Crippen molar-refractivity contribution in [1.82, 2.24) is 5.32 Å².